The van der Waals surface area contributed by atoms with Crippen LogP contribution in [0, 0.1) is 11.2 Å². The number of ether oxygens (including phenoxy) is 2. The van der Waals surface area contributed by atoms with Crippen molar-refractivity contribution in [2.45, 2.75) is 50.6 Å². The number of methoxy groups -OCH3 is 1. The largest absolute Gasteiger partial charge is 0.493 e. The number of hydrogen-bond donors (Lipinski definition) is 4. The van der Waals surface area contributed by atoms with Crippen molar-refractivity contribution in [3.05, 3.63) is 81.6 Å². The number of carbonyl (C=O) groups is 2. The van der Waals surface area contributed by atoms with Crippen LogP contribution >= 0.6 is 23.2 Å². The Bertz CT molecular complexity index is 1560. The van der Waals surface area contributed by atoms with Gasteiger partial charge in [-0.15, -0.1) is 0 Å². The third-order valence-corrected chi connectivity index (χ3v) is 8.53. The van der Waals surface area contributed by atoms with Crippen LogP contribution in [-0.2, 0) is 15.0 Å². The van der Waals surface area contributed by atoms with Gasteiger partial charge in [-0.3, -0.25) is 9.59 Å². The number of carbonyl (C=O) groups excluding carboxylic acids is 2. The molecule has 0 radical (unpaired) electrons. The van der Waals surface area contributed by atoms with Gasteiger partial charge in [-0.25, -0.2) is 4.39 Å². The number of aliphatic hydroxyl groups is 1. The Balaban J connectivity index is 1.65. The van der Waals surface area contributed by atoms with Crippen molar-refractivity contribution >= 4 is 46.4 Å². The maximum atomic E-state index is 15.9. The number of amides is 2. The van der Waals surface area contributed by atoms with Crippen molar-refractivity contribution < 1.29 is 28.6 Å². The van der Waals surface area contributed by atoms with Gasteiger partial charge in [-0.05, 0) is 53.3 Å². The minimum atomic E-state index is -1.36. The molecule has 1 saturated heterocycles. The van der Waals surface area contributed by atoms with E-state index in [2.05, 4.69) is 16.0 Å². The first-order valence-electron chi connectivity index (χ1n) is 13.9. The smallest absolute Gasteiger partial charge is 0.242 e. The van der Waals surface area contributed by atoms with Gasteiger partial charge in [0.1, 0.15) is 17.8 Å². The molecule has 228 valence electrons. The van der Waals surface area contributed by atoms with Crippen molar-refractivity contribution in [3.8, 4) is 11.5 Å². The summed E-state index contributed by atoms with van der Waals surface area (Å²) >= 11 is 12.6. The van der Waals surface area contributed by atoms with Crippen LogP contribution in [-0.4, -0.2) is 49.3 Å². The molecule has 8 nitrogen and oxygen atoms in total. The predicted molar refractivity (Wildman–Crippen MR) is 165 cm³/mol. The lowest BCUT2D eigenvalue weighted by Gasteiger charge is -2.37. The quantitative estimate of drug-likeness (QED) is 0.247. The average molecular weight is 631 g/mol. The van der Waals surface area contributed by atoms with E-state index in [1.54, 1.807) is 48.5 Å². The lowest BCUT2D eigenvalue weighted by atomic mass is 9.62. The Morgan fingerprint density at radius 3 is 2.58 bits per heavy atom. The van der Waals surface area contributed by atoms with Crippen LogP contribution in [0.5, 0.6) is 11.5 Å². The van der Waals surface area contributed by atoms with Crippen LogP contribution in [0.25, 0.3) is 0 Å². The van der Waals surface area contributed by atoms with Crippen LogP contribution in [0.15, 0.2) is 54.6 Å². The van der Waals surface area contributed by atoms with Gasteiger partial charge < -0.3 is 30.5 Å². The highest BCUT2D eigenvalue weighted by molar-refractivity contribution is 6.31. The molecule has 0 aromatic heterocycles. The maximum Gasteiger partial charge on any atom is 0.242 e. The molecule has 1 spiro atoms. The van der Waals surface area contributed by atoms with E-state index in [1.165, 1.54) is 13.2 Å². The van der Waals surface area contributed by atoms with E-state index in [0.717, 1.165) is 0 Å². The van der Waals surface area contributed by atoms with Gasteiger partial charge >= 0.3 is 0 Å². The van der Waals surface area contributed by atoms with E-state index < -0.39 is 35.1 Å². The van der Waals surface area contributed by atoms with Crippen LogP contribution in [0.1, 0.15) is 44.2 Å². The van der Waals surface area contributed by atoms with E-state index in [0.29, 0.717) is 39.9 Å². The van der Waals surface area contributed by atoms with Crippen molar-refractivity contribution in [1.82, 2.24) is 5.32 Å². The Hall–Kier alpha value is -3.37. The number of anilines is 2. The summed E-state index contributed by atoms with van der Waals surface area (Å²) in [5.74, 6) is -1.73. The summed E-state index contributed by atoms with van der Waals surface area (Å²) in [6, 6.07) is 13.0. The monoisotopic (exact) mass is 629 g/mol. The van der Waals surface area contributed by atoms with Crippen molar-refractivity contribution in [2.24, 2.45) is 5.41 Å². The van der Waals surface area contributed by atoms with E-state index >= 15 is 4.39 Å². The molecule has 2 heterocycles. The normalized spacial score (nSPS) is 22.8. The Labute approximate surface area is 259 Å². The summed E-state index contributed by atoms with van der Waals surface area (Å²) < 4.78 is 26.9. The lowest BCUT2D eigenvalue weighted by molar-refractivity contribution is -0.122. The fourth-order valence-electron chi connectivity index (χ4n) is 6.39. The minimum Gasteiger partial charge on any atom is -0.493 e. The van der Waals surface area contributed by atoms with E-state index in [-0.39, 0.29) is 35.1 Å². The number of nitrogens with one attached hydrogen (secondary N) is 3. The van der Waals surface area contributed by atoms with Gasteiger partial charge in [0.2, 0.25) is 11.8 Å². The summed E-state index contributed by atoms with van der Waals surface area (Å²) in [7, 11) is 1.46. The third-order valence-electron chi connectivity index (χ3n) is 8.00. The molecule has 1 unspecified atom stereocenters. The van der Waals surface area contributed by atoms with Crippen LogP contribution in [0.2, 0.25) is 10.0 Å². The molecule has 4 N–H and O–H groups in total. The summed E-state index contributed by atoms with van der Waals surface area (Å²) in [5.41, 5.74) is 0.0907. The van der Waals surface area contributed by atoms with Crippen molar-refractivity contribution in [3.63, 3.8) is 0 Å². The predicted octanol–water partition coefficient (Wildman–Crippen LogP) is 5.90. The number of benzene rings is 3. The molecule has 3 aromatic rings. The lowest BCUT2D eigenvalue weighted by Crippen LogP contribution is -2.49. The van der Waals surface area contributed by atoms with Crippen molar-refractivity contribution in [2.75, 3.05) is 31.0 Å². The molecule has 1 fully saturated rings. The zero-order valence-corrected chi connectivity index (χ0v) is 25.8. The molecule has 5 rings (SSSR count). The molecule has 4 atom stereocenters. The first-order chi connectivity index (χ1) is 20.4. The summed E-state index contributed by atoms with van der Waals surface area (Å²) in [6.45, 7) is 6.05. The Kier molecular flexibility index (Phi) is 8.64. The van der Waals surface area contributed by atoms with Gasteiger partial charge in [0, 0.05) is 34.4 Å². The summed E-state index contributed by atoms with van der Waals surface area (Å²) in [6.07, 6.45) is 0.496. The molecule has 2 aliphatic rings. The number of hydrogen-bond acceptors (Lipinski definition) is 6. The zero-order chi connectivity index (χ0) is 31.1. The third kappa shape index (κ3) is 5.67. The highest BCUT2D eigenvalue weighted by Crippen LogP contribution is 2.57. The highest BCUT2D eigenvalue weighted by Gasteiger charge is 2.66. The molecule has 3 aromatic carbocycles. The fraction of sp³-hybridized carbons (Fsp3) is 0.375. The van der Waals surface area contributed by atoms with Gasteiger partial charge in [-0.1, -0.05) is 62.2 Å². The molecular formula is C32H34Cl2FN3O5. The number of halogens is 3. The van der Waals surface area contributed by atoms with Crippen LogP contribution in [0.3, 0.4) is 0 Å². The van der Waals surface area contributed by atoms with Crippen LogP contribution in [0.4, 0.5) is 15.8 Å². The van der Waals surface area contributed by atoms with Crippen molar-refractivity contribution in [1.29, 1.82) is 0 Å². The molecule has 2 amide bonds. The molecule has 11 heteroatoms. The molecule has 0 bridgehead atoms. The molecule has 0 saturated carbocycles. The first kappa shape index (κ1) is 31.1. The second-order valence-corrected chi connectivity index (χ2v) is 12.9. The average Bonchev–Trinajstić information content (AvgIpc) is 3.42. The Morgan fingerprint density at radius 1 is 1.12 bits per heavy atom. The second-order valence-electron chi connectivity index (χ2n) is 12.0. The Morgan fingerprint density at radius 2 is 1.88 bits per heavy atom. The highest BCUT2D eigenvalue weighted by atomic mass is 35.5. The van der Waals surface area contributed by atoms with Crippen LogP contribution < -0.4 is 25.4 Å². The van der Waals surface area contributed by atoms with Gasteiger partial charge in [-0.2, -0.15) is 0 Å². The molecule has 0 aliphatic carbocycles. The molecule has 43 heavy (non-hydrogen) atoms. The van der Waals surface area contributed by atoms with E-state index in [1.807, 2.05) is 20.8 Å². The first-order valence-corrected chi connectivity index (χ1v) is 14.7. The van der Waals surface area contributed by atoms with E-state index in [9.17, 15) is 9.59 Å². The van der Waals surface area contributed by atoms with Gasteiger partial charge in [0.15, 0.2) is 11.5 Å². The standard InChI is InChI=1S/C32H34Cl2FN3O5/c1-31(2,3)16-25-32(20-10-8-17(33)14-22(20)37-30(32)41)26(19-6-5-7-21(34)27(19)35)28(38-25)29(40)36-18-9-11-23(43-13-12-39)24(15-18)42-4/h5-11,14-15,25-26,28,38-39H,12-13,16H2,1-4H3,(H,36,40)(H,37,41)/t25-,26+,28+,32?/m0/s1. The second kappa shape index (κ2) is 12.0. The summed E-state index contributed by atoms with van der Waals surface area (Å²) in [4.78, 5) is 28.4. The van der Waals surface area contributed by atoms with E-state index in [4.69, 9.17) is 37.8 Å². The summed E-state index contributed by atoms with van der Waals surface area (Å²) in [5, 5.41) is 18.8. The topological polar surface area (TPSA) is 109 Å². The fourth-order valence-corrected chi connectivity index (χ4v) is 6.75. The molecular weight excluding hydrogens is 596 g/mol. The molecule has 2 aliphatic heterocycles. The van der Waals surface area contributed by atoms with Gasteiger partial charge in [0.05, 0.1) is 24.8 Å². The van der Waals surface area contributed by atoms with Gasteiger partial charge in [0.25, 0.3) is 0 Å². The number of aliphatic hydroxyl groups excluding tert-OH is 1. The zero-order valence-electron chi connectivity index (χ0n) is 24.3. The minimum absolute atomic E-state index is 0.0763. The number of fused-ring (bicyclic) bond motifs is 2. The SMILES string of the molecule is COc1cc(NC(=O)[C@@H]2N[C@@H](CC(C)(C)C)C3(C(=O)Nc4cc(Cl)ccc43)[C@@H]2c2cccc(Cl)c2F)ccc1OCCO. The number of rotatable bonds is 8. The maximum absolute atomic E-state index is 15.9.